The second kappa shape index (κ2) is 15.9. The van der Waals surface area contributed by atoms with E-state index in [1.54, 1.807) is 36.5 Å². The number of anilines is 6. The smallest absolute Gasteiger partial charge is 0.255 e. The molecule has 0 fully saturated rings. The number of hydrogen-bond acceptors (Lipinski definition) is 4. The van der Waals surface area contributed by atoms with Crippen LogP contribution in [0.4, 0.5) is 32.8 Å². The molecule has 4 heterocycles. The summed E-state index contributed by atoms with van der Waals surface area (Å²) in [6.45, 7) is 33.1. The van der Waals surface area contributed by atoms with Gasteiger partial charge in [-0.15, -0.1) is 22.7 Å². The molecular formula is C62H81BN2S2. The molecule has 0 spiro atoms. The summed E-state index contributed by atoms with van der Waals surface area (Å²) < 4.78 is 93.5. The van der Waals surface area contributed by atoms with E-state index in [1.807, 2.05) is 24.3 Å². The summed E-state index contributed by atoms with van der Waals surface area (Å²) in [5.41, 5.74) is 10.9. The van der Waals surface area contributed by atoms with Crippen LogP contribution < -0.4 is 26.2 Å². The summed E-state index contributed by atoms with van der Waals surface area (Å²) in [6.07, 6.45) is -2.41. The Kier molecular flexibility index (Phi) is 8.78. The Bertz CT molecular complexity index is 3300. The highest BCUT2D eigenvalue weighted by atomic mass is 32.1. The number of nitrogens with zero attached hydrogens (tertiary/aromatic N) is 2. The average molecular weight is 939 g/mol. The van der Waals surface area contributed by atoms with Crippen molar-refractivity contribution in [3.05, 3.63) is 110 Å². The molecule has 4 aromatic carbocycles. The molecule has 0 saturated heterocycles. The standard InChI is InChI=1S/C62H81BN2S2/c1-21-36-29-40(57(5,6)7)30-37(22-2)52(36)64-46-33-42(59(11,12)13)34-47-51(46)63(45-35-48(60(14,15)16)66-55(45)64)50-43-25-26-44-49(62(19,20)28-27-61(44,17)18)54(43)67-56(50)65(47)53-38(23-3)31-41(58(8,9)10)32-39(53)24-4/h25-26,29-35H,21-24,27-28H2,1-20H3/i1D3,2D3,23D2,24D2. The molecule has 0 atom stereocenters. The molecule has 9 rings (SSSR count). The van der Waals surface area contributed by atoms with Gasteiger partial charge >= 0.3 is 0 Å². The Balaban J connectivity index is 1.58. The van der Waals surface area contributed by atoms with Gasteiger partial charge < -0.3 is 9.80 Å². The van der Waals surface area contributed by atoms with Gasteiger partial charge in [0.05, 0.1) is 21.4 Å². The highest BCUT2D eigenvalue weighted by molar-refractivity contribution is 7.27. The van der Waals surface area contributed by atoms with E-state index in [9.17, 15) is 5.48 Å². The Hall–Kier alpha value is -3.80. The number of rotatable bonds is 6. The lowest BCUT2D eigenvalue weighted by Crippen LogP contribution is -2.60. The van der Waals surface area contributed by atoms with Gasteiger partial charge in [0.1, 0.15) is 0 Å². The van der Waals surface area contributed by atoms with Crippen molar-refractivity contribution in [3.63, 3.8) is 0 Å². The van der Waals surface area contributed by atoms with Crippen LogP contribution in [-0.2, 0) is 58.1 Å². The van der Waals surface area contributed by atoms with Crippen molar-refractivity contribution >= 4 is 88.6 Å². The van der Waals surface area contributed by atoms with Crippen LogP contribution in [0.25, 0.3) is 10.1 Å². The van der Waals surface area contributed by atoms with Crippen molar-refractivity contribution in [2.45, 2.75) is 209 Å². The van der Waals surface area contributed by atoms with Gasteiger partial charge in [-0.25, -0.2) is 0 Å². The van der Waals surface area contributed by atoms with Gasteiger partial charge in [-0.05, 0) is 155 Å². The Labute approximate surface area is 429 Å². The maximum absolute atomic E-state index is 9.78. The molecule has 67 heavy (non-hydrogen) atoms. The number of benzene rings is 4. The largest absolute Gasteiger partial charge is 0.302 e. The first-order chi connectivity index (χ1) is 34.7. The van der Waals surface area contributed by atoms with Gasteiger partial charge in [0, 0.05) is 34.7 Å². The topological polar surface area (TPSA) is 6.48 Å². The van der Waals surface area contributed by atoms with E-state index in [0.29, 0.717) is 33.6 Å². The molecule has 1 aliphatic carbocycles. The molecule has 2 aromatic heterocycles. The number of aryl methyl sites for hydroxylation is 4. The molecule has 0 amide bonds. The zero-order valence-electron chi connectivity index (χ0n) is 53.8. The highest BCUT2D eigenvalue weighted by Gasteiger charge is 2.50. The van der Waals surface area contributed by atoms with Gasteiger partial charge in [-0.2, -0.15) is 0 Å². The van der Waals surface area contributed by atoms with Crippen molar-refractivity contribution < 1.29 is 13.7 Å². The van der Waals surface area contributed by atoms with Crippen LogP contribution in [-0.4, -0.2) is 6.71 Å². The quantitative estimate of drug-likeness (QED) is 0.153. The SMILES string of the molecule is [2H]C([2H])([2H])Cc1cc(C(C)(C)C)cc(CC([2H])([2H])[2H])c1N1c2cc(C(C)(C)C)cc3c2B(c2cc(C(C)(C)C)sc21)c1c(sc2c4c(ccc12)C(C)(C)CCC4(C)C)N3c1c(C([2H])([2H])C)cc(C(C)(C)C)cc1C([2H])([2H])C. The predicted octanol–water partition coefficient (Wildman–Crippen LogP) is 16.8. The first kappa shape index (κ1) is 37.1. The predicted molar refractivity (Wildman–Crippen MR) is 301 cm³/mol. The van der Waals surface area contributed by atoms with E-state index in [1.165, 1.54) is 15.8 Å². The third kappa shape index (κ3) is 7.60. The molecule has 5 heteroatoms. The van der Waals surface area contributed by atoms with E-state index >= 15 is 0 Å². The monoisotopic (exact) mass is 939 g/mol. The molecular weight excluding hydrogens is 848 g/mol. The second-order valence-corrected chi connectivity index (χ2v) is 27.3. The van der Waals surface area contributed by atoms with Gasteiger partial charge in [-0.3, -0.25) is 0 Å². The molecule has 354 valence electrons. The molecule has 2 nitrogen and oxygen atoms in total. The summed E-state index contributed by atoms with van der Waals surface area (Å²) in [7, 11) is 0. The summed E-state index contributed by atoms with van der Waals surface area (Å²) in [5, 5.41) is 2.94. The van der Waals surface area contributed by atoms with Crippen molar-refractivity contribution in [2.75, 3.05) is 9.80 Å². The zero-order valence-corrected chi connectivity index (χ0v) is 45.4. The molecule has 0 saturated carbocycles. The highest BCUT2D eigenvalue weighted by Crippen LogP contribution is 2.56. The number of thiophene rings is 2. The minimum atomic E-state index is -2.41. The van der Waals surface area contributed by atoms with Gasteiger partial charge in [-0.1, -0.05) is 181 Å². The lowest BCUT2D eigenvalue weighted by Gasteiger charge is -2.44. The lowest BCUT2D eigenvalue weighted by atomic mass is 9.34. The fourth-order valence-electron chi connectivity index (χ4n) is 11.2. The van der Waals surface area contributed by atoms with Crippen LogP contribution in [0, 0.1) is 0 Å². The van der Waals surface area contributed by atoms with E-state index in [4.69, 9.17) is 8.22 Å². The Morgan fingerprint density at radius 1 is 0.582 bits per heavy atom. The van der Waals surface area contributed by atoms with Gasteiger partial charge in [0.25, 0.3) is 6.71 Å². The van der Waals surface area contributed by atoms with E-state index in [0.717, 1.165) is 77.6 Å². The van der Waals surface area contributed by atoms with Gasteiger partial charge in [0.15, 0.2) is 0 Å². The average Bonchev–Trinajstić information content (AvgIpc) is 3.85. The molecule has 3 aliphatic rings. The summed E-state index contributed by atoms with van der Waals surface area (Å²) in [6, 6.07) is 19.4. The molecule has 0 N–H and O–H groups in total. The van der Waals surface area contributed by atoms with Crippen LogP contribution in [0.2, 0.25) is 0 Å². The first-order valence-electron chi connectivity index (χ1n) is 29.6. The second-order valence-electron chi connectivity index (χ2n) is 25.3. The Morgan fingerprint density at radius 2 is 1.06 bits per heavy atom. The minimum Gasteiger partial charge on any atom is -0.302 e. The van der Waals surface area contributed by atoms with E-state index in [2.05, 4.69) is 151 Å². The van der Waals surface area contributed by atoms with Crippen LogP contribution in [0.3, 0.4) is 0 Å². The summed E-state index contributed by atoms with van der Waals surface area (Å²) in [4.78, 5) is 5.58. The van der Waals surface area contributed by atoms with Crippen LogP contribution >= 0.6 is 22.7 Å². The summed E-state index contributed by atoms with van der Waals surface area (Å²) in [5.74, 6) is 0. The van der Waals surface area contributed by atoms with Crippen molar-refractivity contribution in [1.82, 2.24) is 0 Å². The molecule has 0 bridgehead atoms. The first-order valence-corrected chi connectivity index (χ1v) is 26.2. The van der Waals surface area contributed by atoms with Crippen LogP contribution in [0.1, 0.15) is 220 Å². The van der Waals surface area contributed by atoms with Crippen molar-refractivity contribution in [2.24, 2.45) is 0 Å². The van der Waals surface area contributed by atoms with Crippen molar-refractivity contribution in [3.8, 4) is 0 Å². The fraction of sp³-hybridized carbons (Fsp3) is 0.516. The van der Waals surface area contributed by atoms with Crippen LogP contribution in [0.5, 0.6) is 0 Å². The molecule has 0 unspecified atom stereocenters. The number of fused-ring (bicyclic) bond motifs is 8. The summed E-state index contributed by atoms with van der Waals surface area (Å²) >= 11 is 3.43. The maximum atomic E-state index is 9.78. The van der Waals surface area contributed by atoms with Crippen molar-refractivity contribution in [1.29, 1.82) is 0 Å². The van der Waals surface area contributed by atoms with Gasteiger partial charge in [0.2, 0.25) is 0 Å². The molecule has 6 aromatic rings. The maximum Gasteiger partial charge on any atom is 0.255 e. The normalized spacial score (nSPS) is 19.6. The minimum absolute atomic E-state index is 0.0878. The van der Waals surface area contributed by atoms with E-state index in [-0.39, 0.29) is 35.8 Å². The van der Waals surface area contributed by atoms with Crippen LogP contribution in [0.15, 0.2) is 54.6 Å². The fourth-order valence-corrected chi connectivity index (χ4v) is 14.0. The number of hydrogen-bond donors (Lipinski definition) is 0. The van der Waals surface area contributed by atoms with E-state index < -0.39 is 42.7 Å². The third-order valence-electron chi connectivity index (χ3n) is 15.4. The Morgan fingerprint density at radius 3 is 1.55 bits per heavy atom. The lowest BCUT2D eigenvalue weighted by molar-refractivity contribution is 0.335. The molecule has 2 aliphatic heterocycles. The zero-order chi connectivity index (χ0) is 57.5. The molecule has 0 radical (unpaired) electrons. The third-order valence-corrected chi connectivity index (χ3v) is 18.2.